The first-order valence-corrected chi connectivity index (χ1v) is 6.79. The summed E-state index contributed by atoms with van der Waals surface area (Å²) in [5.74, 6) is 1.64. The van der Waals surface area contributed by atoms with Gasteiger partial charge in [0.2, 0.25) is 0 Å². The standard InChI is InChI=1S/C15H25NO3/c1-12(16-9-5-4-6-10-17)14-8-7-13(18-2)11-15(14)19-3/h7-8,11-12,16-17H,4-6,9-10H2,1-3H3. The number of methoxy groups -OCH3 is 2. The Morgan fingerprint density at radius 2 is 1.95 bits per heavy atom. The molecule has 0 aliphatic rings. The van der Waals surface area contributed by atoms with E-state index in [0.29, 0.717) is 0 Å². The van der Waals surface area contributed by atoms with Crippen molar-refractivity contribution >= 4 is 0 Å². The van der Waals surface area contributed by atoms with Crippen molar-refractivity contribution in [3.8, 4) is 11.5 Å². The normalized spacial score (nSPS) is 12.2. The van der Waals surface area contributed by atoms with E-state index in [1.807, 2.05) is 18.2 Å². The Kier molecular flexibility index (Phi) is 7.30. The van der Waals surface area contributed by atoms with Crippen LogP contribution in [-0.4, -0.2) is 32.5 Å². The number of nitrogens with one attached hydrogen (secondary N) is 1. The summed E-state index contributed by atoms with van der Waals surface area (Å²) in [5.41, 5.74) is 1.13. The maximum absolute atomic E-state index is 8.72. The van der Waals surface area contributed by atoms with Crippen molar-refractivity contribution in [3.63, 3.8) is 0 Å². The molecule has 4 nitrogen and oxygen atoms in total. The Morgan fingerprint density at radius 1 is 1.16 bits per heavy atom. The van der Waals surface area contributed by atoms with Gasteiger partial charge in [0.15, 0.2) is 0 Å². The molecule has 1 atom stereocenters. The van der Waals surface area contributed by atoms with Crippen LogP contribution in [-0.2, 0) is 0 Å². The van der Waals surface area contributed by atoms with E-state index in [9.17, 15) is 0 Å². The first-order chi connectivity index (χ1) is 9.22. The van der Waals surface area contributed by atoms with E-state index in [4.69, 9.17) is 14.6 Å². The van der Waals surface area contributed by atoms with E-state index < -0.39 is 0 Å². The maximum Gasteiger partial charge on any atom is 0.127 e. The van der Waals surface area contributed by atoms with Crippen LogP contribution < -0.4 is 14.8 Å². The number of hydrogen-bond acceptors (Lipinski definition) is 4. The van der Waals surface area contributed by atoms with E-state index in [1.54, 1.807) is 14.2 Å². The SMILES string of the molecule is COc1ccc(C(C)NCCCCCO)c(OC)c1. The molecule has 19 heavy (non-hydrogen) atoms. The third-order valence-corrected chi connectivity index (χ3v) is 3.19. The van der Waals surface area contributed by atoms with Gasteiger partial charge in [-0.25, -0.2) is 0 Å². The lowest BCUT2D eigenvalue weighted by molar-refractivity contribution is 0.282. The fraction of sp³-hybridized carbons (Fsp3) is 0.600. The Morgan fingerprint density at radius 3 is 2.58 bits per heavy atom. The minimum absolute atomic E-state index is 0.231. The molecule has 1 rings (SSSR count). The lowest BCUT2D eigenvalue weighted by Crippen LogP contribution is -2.20. The van der Waals surface area contributed by atoms with Crippen LogP contribution in [0.1, 0.15) is 37.8 Å². The van der Waals surface area contributed by atoms with Crippen molar-refractivity contribution < 1.29 is 14.6 Å². The summed E-state index contributed by atoms with van der Waals surface area (Å²) >= 11 is 0. The van der Waals surface area contributed by atoms with E-state index >= 15 is 0 Å². The molecule has 0 amide bonds. The smallest absolute Gasteiger partial charge is 0.127 e. The fourth-order valence-corrected chi connectivity index (χ4v) is 2.02. The highest BCUT2D eigenvalue weighted by Crippen LogP contribution is 2.29. The highest BCUT2D eigenvalue weighted by molar-refractivity contribution is 5.42. The van der Waals surface area contributed by atoms with Crippen molar-refractivity contribution in [3.05, 3.63) is 23.8 Å². The molecule has 0 saturated heterocycles. The van der Waals surface area contributed by atoms with Gasteiger partial charge in [-0.2, -0.15) is 0 Å². The summed E-state index contributed by atoms with van der Waals surface area (Å²) in [7, 11) is 3.32. The minimum atomic E-state index is 0.231. The first kappa shape index (κ1) is 15.8. The molecule has 2 N–H and O–H groups in total. The van der Waals surface area contributed by atoms with Crippen molar-refractivity contribution in [2.24, 2.45) is 0 Å². The number of ether oxygens (including phenoxy) is 2. The van der Waals surface area contributed by atoms with E-state index in [2.05, 4.69) is 12.2 Å². The summed E-state index contributed by atoms with van der Waals surface area (Å²) in [6.45, 7) is 3.34. The zero-order valence-corrected chi connectivity index (χ0v) is 12.1. The molecule has 0 radical (unpaired) electrons. The van der Waals surface area contributed by atoms with Crippen molar-refractivity contribution in [1.82, 2.24) is 5.32 Å². The molecule has 4 heteroatoms. The van der Waals surface area contributed by atoms with Gasteiger partial charge in [0.25, 0.3) is 0 Å². The molecule has 1 aromatic carbocycles. The molecule has 0 spiro atoms. The lowest BCUT2D eigenvalue weighted by atomic mass is 10.1. The van der Waals surface area contributed by atoms with Gasteiger partial charge in [0, 0.05) is 24.3 Å². The quantitative estimate of drug-likeness (QED) is 0.675. The average molecular weight is 267 g/mol. The van der Waals surface area contributed by atoms with Gasteiger partial charge in [-0.05, 0) is 38.8 Å². The molecular weight excluding hydrogens is 242 g/mol. The van der Waals surface area contributed by atoms with Crippen LogP contribution in [0, 0.1) is 0 Å². The van der Waals surface area contributed by atoms with Crippen molar-refractivity contribution in [2.45, 2.75) is 32.2 Å². The van der Waals surface area contributed by atoms with E-state index in [0.717, 1.165) is 42.9 Å². The largest absolute Gasteiger partial charge is 0.497 e. The Hall–Kier alpha value is -1.26. The number of benzene rings is 1. The highest BCUT2D eigenvalue weighted by atomic mass is 16.5. The Bertz CT molecular complexity index is 368. The second-order valence-electron chi connectivity index (χ2n) is 4.57. The maximum atomic E-state index is 8.72. The van der Waals surface area contributed by atoms with Crippen LogP contribution >= 0.6 is 0 Å². The third kappa shape index (κ3) is 5.09. The Balaban J connectivity index is 2.53. The summed E-state index contributed by atoms with van der Waals surface area (Å²) in [6.07, 6.45) is 3.00. The molecular formula is C15H25NO3. The topological polar surface area (TPSA) is 50.7 Å². The molecule has 0 bridgehead atoms. The van der Waals surface area contributed by atoms with Crippen molar-refractivity contribution in [2.75, 3.05) is 27.4 Å². The Labute approximate surface area is 115 Å². The van der Waals surface area contributed by atoms with Crippen LogP contribution in [0.5, 0.6) is 11.5 Å². The summed E-state index contributed by atoms with van der Waals surface area (Å²) in [4.78, 5) is 0. The molecule has 1 aromatic rings. The predicted octanol–water partition coefficient (Wildman–Crippen LogP) is 2.52. The zero-order valence-electron chi connectivity index (χ0n) is 12.1. The van der Waals surface area contributed by atoms with Gasteiger partial charge in [-0.1, -0.05) is 6.07 Å². The van der Waals surface area contributed by atoms with Crippen LogP contribution in [0.4, 0.5) is 0 Å². The molecule has 0 aliphatic carbocycles. The molecule has 1 unspecified atom stereocenters. The number of aliphatic hydroxyl groups excluding tert-OH is 1. The van der Waals surface area contributed by atoms with Gasteiger partial charge in [-0.3, -0.25) is 0 Å². The van der Waals surface area contributed by atoms with E-state index in [-0.39, 0.29) is 12.6 Å². The minimum Gasteiger partial charge on any atom is -0.497 e. The number of unbranched alkanes of at least 4 members (excludes halogenated alkanes) is 2. The van der Waals surface area contributed by atoms with Gasteiger partial charge < -0.3 is 19.9 Å². The third-order valence-electron chi connectivity index (χ3n) is 3.19. The fourth-order valence-electron chi connectivity index (χ4n) is 2.02. The van der Waals surface area contributed by atoms with Crippen LogP contribution in [0.25, 0.3) is 0 Å². The summed E-state index contributed by atoms with van der Waals surface area (Å²) < 4.78 is 10.6. The molecule has 0 aromatic heterocycles. The molecule has 108 valence electrons. The van der Waals surface area contributed by atoms with Gasteiger partial charge in [-0.15, -0.1) is 0 Å². The van der Waals surface area contributed by atoms with Crippen LogP contribution in [0.15, 0.2) is 18.2 Å². The van der Waals surface area contributed by atoms with Gasteiger partial charge in [0.05, 0.1) is 14.2 Å². The summed E-state index contributed by atoms with van der Waals surface area (Å²) in [5, 5.41) is 12.2. The zero-order chi connectivity index (χ0) is 14.1. The highest BCUT2D eigenvalue weighted by Gasteiger charge is 2.11. The van der Waals surface area contributed by atoms with Crippen molar-refractivity contribution in [1.29, 1.82) is 0 Å². The van der Waals surface area contributed by atoms with E-state index in [1.165, 1.54) is 0 Å². The second-order valence-corrected chi connectivity index (χ2v) is 4.57. The molecule has 0 saturated carbocycles. The monoisotopic (exact) mass is 267 g/mol. The first-order valence-electron chi connectivity index (χ1n) is 6.79. The second kappa shape index (κ2) is 8.77. The molecule has 0 fully saturated rings. The predicted molar refractivity (Wildman–Crippen MR) is 76.9 cm³/mol. The van der Waals surface area contributed by atoms with Gasteiger partial charge >= 0.3 is 0 Å². The number of aliphatic hydroxyl groups is 1. The number of rotatable bonds is 9. The summed E-state index contributed by atoms with van der Waals surface area (Å²) in [6, 6.07) is 6.11. The lowest BCUT2D eigenvalue weighted by Gasteiger charge is -2.18. The van der Waals surface area contributed by atoms with Crippen LogP contribution in [0.3, 0.4) is 0 Å². The molecule has 0 aliphatic heterocycles. The van der Waals surface area contributed by atoms with Gasteiger partial charge in [0.1, 0.15) is 11.5 Å². The number of hydrogen-bond donors (Lipinski definition) is 2. The molecule has 0 heterocycles. The van der Waals surface area contributed by atoms with Crippen LogP contribution in [0.2, 0.25) is 0 Å². The average Bonchev–Trinajstić information content (AvgIpc) is 2.46.